The van der Waals surface area contributed by atoms with Gasteiger partial charge >= 0.3 is 5.97 Å². The lowest BCUT2D eigenvalue weighted by Crippen LogP contribution is -2.12. The number of hydrogen-bond acceptors (Lipinski definition) is 3. The average molecular weight is 168 g/mol. The van der Waals surface area contributed by atoms with E-state index in [1.165, 1.54) is 19.3 Å². The van der Waals surface area contributed by atoms with Crippen LogP contribution in [0.1, 0.15) is 13.8 Å². The third-order valence-electron chi connectivity index (χ3n) is 1.28. The third-order valence-corrected chi connectivity index (χ3v) is 1.28. The number of rotatable bonds is 3. The minimum Gasteiger partial charge on any atom is -0.465 e. The van der Waals surface area contributed by atoms with E-state index in [4.69, 9.17) is 0 Å². The number of ketones is 1. The van der Waals surface area contributed by atoms with Gasteiger partial charge < -0.3 is 4.74 Å². The van der Waals surface area contributed by atoms with E-state index in [0.717, 1.165) is 0 Å². The van der Waals surface area contributed by atoms with Crippen molar-refractivity contribution in [3.8, 4) is 0 Å². The normalized spacial score (nSPS) is 11.8. The minimum atomic E-state index is -0.597. The van der Waals surface area contributed by atoms with Crippen LogP contribution in [-0.2, 0) is 14.3 Å². The van der Waals surface area contributed by atoms with Crippen LogP contribution in [-0.4, -0.2) is 18.9 Å². The van der Waals surface area contributed by atoms with Crippen LogP contribution in [0.4, 0.5) is 0 Å². The maximum absolute atomic E-state index is 11.1. The van der Waals surface area contributed by atoms with Crippen molar-refractivity contribution in [2.45, 2.75) is 13.8 Å². The zero-order valence-corrected chi connectivity index (χ0v) is 7.46. The quantitative estimate of drug-likeness (QED) is 0.276. The van der Waals surface area contributed by atoms with Crippen molar-refractivity contribution in [1.82, 2.24) is 0 Å². The van der Waals surface area contributed by atoms with E-state index in [2.05, 4.69) is 4.74 Å². The lowest BCUT2D eigenvalue weighted by molar-refractivity contribution is -0.137. The molecule has 0 fully saturated rings. The Morgan fingerprint density at radius 3 is 2.17 bits per heavy atom. The summed E-state index contributed by atoms with van der Waals surface area (Å²) in [5.74, 6) is -0.924. The molecule has 66 valence electrons. The Balaban J connectivity index is 4.59. The molecule has 3 nitrogen and oxygen atoms in total. The summed E-state index contributed by atoms with van der Waals surface area (Å²) in [4.78, 5) is 22.0. The summed E-state index contributed by atoms with van der Waals surface area (Å²) in [7, 11) is 1.24. The van der Waals surface area contributed by atoms with Gasteiger partial charge in [-0.3, -0.25) is 4.79 Å². The SMILES string of the molecule is C/C=C/C(=O)/C(=C\C)C(=O)OC. The van der Waals surface area contributed by atoms with Crippen LogP contribution in [0.3, 0.4) is 0 Å². The molecule has 0 bridgehead atoms. The first-order valence-corrected chi connectivity index (χ1v) is 3.59. The molecule has 0 aliphatic rings. The van der Waals surface area contributed by atoms with Crippen molar-refractivity contribution in [3.05, 3.63) is 23.8 Å². The lowest BCUT2D eigenvalue weighted by atomic mass is 10.1. The smallest absolute Gasteiger partial charge is 0.341 e. The van der Waals surface area contributed by atoms with Crippen LogP contribution < -0.4 is 0 Å². The van der Waals surface area contributed by atoms with Gasteiger partial charge in [0, 0.05) is 0 Å². The van der Waals surface area contributed by atoms with Crippen molar-refractivity contribution in [2.75, 3.05) is 7.11 Å². The van der Waals surface area contributed by atoms with Gasteiger partial charge in [0.2, 0.25) is 0 Å². The van der Waals surface area contributed by atoms with E-state index in [-0.39, 0.29) is 11.4 Å². The molecule has 0 aromatic rings. The Labute approximate surface area is 71.7 Å². The second-order valence-electron chi connectivity index (χ2n) is 2.06. The van der Waals surface area contributed by atoms with Gasteiger partial charge in [0.15, 0.2) is 5.78 Å². The van der Waals surface area contributed by atoms with E-state index >= 15 is 0 Å². The fraction of sp³-hybridized carbons (Fsp3) is 0.333. The summed E-state index contributed by atoms with van der Waals surface area (Å²) in [6.07, 6.45) is 4.34. The van der Waals surface area contributed by atoms with Crippen LogP contribution in [0.2, 0.25) is 0 Å². The standard InChI is InChI=1S/C9H12O3/c1-4-6-8(10)7(5-2)9(11)12-3/h4-6H,1-3H3/b6-4+,7-5+. The predicted molar refractivity (Wildman–Crippen MR) is 45.6 cm³/mol. The number of ether oxygens (including phenoxy) is 1. The zero-order chi connectivity index (χ0) is 9.56. The maximum atomic E-state index is 11.1. The van der Waals surface area contributed by atoms with Gasteiger partial charge in [-0.05, 0) is 19.9 Å². The molecular formula is C9H12O3. The molecule has 0 amide bonds. The van der Waals surface area contributed by atoms with Crippen LogP contribution in [0, 0.1) is 0 Å². The van der Waals surface area contributed by atoms with Crippen LogP contribution in [0.15, 0.2) is 23.8 Å². The second-order valence-corrected chi connectivity index (χ2v) is 2.06. The van der Waals surface area contributed by atoms with E-state index in [9.17, 15) is 9.59 Å². The molecule has 0 atom stereocenters. The van der Waals surface area contributed by atoms with Gasteiger partial charge in [-0.2, -0.15) is 0 Å². The number of carbonyl (C=O) groups is 2. The molecule has 0 saturated carbocycles. The molecule has 0 radical (unpaired) electrons. The molecule has 3 heteroatoms. The minimum absolute atomic E-state index is 0.0654. The van der Waals surface area contributed by atoms with Crippen LogP contribution >= 0.6 is 0 Å². The largest absolute Gasteiger partial charge is 0.465 e. The Bertz CT molecular complexity index is 236. The monoisotopic (exact) mass is 168 g/mol. The lowest BCUT2D eigenvalue weighted by Gasteiger charge is -1.98. The molecular weight excluding hydrogens is 156 g/mol. The summed E-state index contributed by atoms with van der Waals surface area (Å²) in [6, 6.07) is 0. The Kier molecular flexibility index (Phi) is 4.69. The molecule has 0 rings (SSSR count). The van der Waals surface area contributed by atoms with Gasteiger partial charge in [0.05, 0.1) is 7.11 Å². The number of carbonyl (C=O) groups excluding carboxylic acids is 2. The highest BCUT2D eigenvalue weighted by Crippen LogP contribution is 2.00. The summed E-state index contributed by atoms with van der Waals surface area (Å²) in [5.41, 5.74) is 0.0654. The summed E-state index contributed by atoms with van der Waals surface area (Å²) < 4.78 is 4.41. The van der Waals surface area contributed by atoms with Gasteiger partial charge in [-0.15, -0.1) is 0 Å². The van der Waals surface area contributed by atoms with Crippen LogP contribution in [0.5, 0.6) is 0 Å². The number of methoxy groups -OCH3 is 1. The molecule has 0 N–H and O–H groups in total. The molecule has 0 unspecified atom stereocenters. The summed E-state index contributed by atoms with van der Waals surface area (Å²) >= 11 is 0. The van der Waals surface area contributed by atoms with E-state index in [1.807, 2.05) is 0 Å². The molecule has 12 heavy (non-hydrogen) atoms. The Morgan fingerprint density at radius 2 is 1.83 bits per heavy atom. The zero-order valence-electron chi connectivity index (χ0n) is 7.46. The first kappa shape index (κ1) is 10.6. The highest BCUT2D eigenvalue weighted by molar-refractivity contribution is 6.21. The Hall–Kier alpha value is -1.38. The van der Waals surface area contributed by atoms with Crippen molar-refractivity contribution in [1.29, 1.82) is 0 Å². The highest BCUT2D eigenvalue weighted by Gasteiger charge is 2.14. The molecule has 0 heterocycles. The summed E-state index contributed by atoms with van der Waals surface area (Å²) in [6.45, 7) is 3.33. The van der Waals surface area contributed by atoms with Gasteiger partial charge in [0.1, 0.15) is 5.57 Å². The highest BCUT2D eigenvalue weighted by atomic mass is 16.5. The number of hydrogen-bond donors (Lipinski definition) is 0. The van der Waals surface area contributed by atoms with E-state index in [1.54, 1.807) is 19.9 Å². The van der Waals surface area contributed by atoms with Crippen molar-refractivity contribution < 1.29 is 14.3 Å². The van der Waals surface area contributed by atoms with Gasteiger partial charge in [0.25, 0.3) is 0 Å². The fourth-order valence-electron chi connectivity index (χ4n) is 0.712. The Morgan fingerprint density at radius 1 is 1.25 bits per heavy atom. The summed E-state index contributed by atoms with van der Waals surface area (Å²) in [5, 5.41) is 0. The molecule has 0 aliphatic heterocycles. The van der Waals surface area contributed by atoms with E-state index in [0.29, 0.717) is 0 Å². The fourth-order valence-corrected chi connectivity index (χ4v) is 0.712. The molecule has 0 aromatic carbocycles. The van der Waals surface area contributed by atoms with Crippen molar-refractivity contribution >= 4 is 11.8 Å². The first-order valence-electron chi connectivity index (χ1n) is 3.59. The molecule has 0 aromatic heterocycles. The number of esters is 1. The molecule has 0 saturated heterocycles. The number of allylic oxidation sites excluding steroid dienone is 3. The van der Waals surface area contributed by atoms with Gasteiger partial charge in [-0.1, -0.05) is 12.2 Å². The second kappa shape index (κ2) is 5.29. The first-order chi connectivity index (χ1) is 5.67. The topological polar surface area (TPSA) is 43.4 Å². The molecule has 0 aliphatic carbocycles. The third kappa shape index (κ3) is 2.70. The van der Waals surface area contributed by atoms with E-state index < -0.39 is 5.97 Å². The van der Waals surface area contributed by atoms with Crippen molar-refractivity contribution in [2.24, 2.45) is 0 Å². The van der Waals surface area contributed by atoms with Crippen molar-refractivity contribution in [3.63, 3.8) is 0 Å². The molecule has 0 spiro atoms. The predicted octanol–water partition coefficient (Wildman–Crippen LogP) is 1.25. The van der Waals surface area contributed by atoms with Gasteiger partial charge in [-0.25, -0.2) is 4.79 Å². The van der Waals surface area contributed by atoms with Crippen LogP contribution in [0.25, 0.3) is 0 Å². The average Bonchev–Trinajstić information content (AvgIpc) is 2.06. The maximum Gasteiger partial charge on any atom is 0.341 e.